The molecule has 3 aromatic heterocycles. The molecule has 0 amide bonds. The van der Waals surface area contributed by atoms with Crippen molar-refractivity contribution in [3.05, 3.63) is 18.1 Å². The van der Waals surface area contributed by atoms with Crippen molar-refractivity contribution < 1.29 is 9.13 Å². The summed E-state index contributed by atoms with van der Waals surface area (Å²) in [5, 5.41) is 11.9. The van der Waals surface area contributed by atoms with Crippen LogP contribution in [0.2, 0.25) is 0 Å². The average molecular weight is 346 g/mol. The van der Waals surface area contributed by atoms with Gasteiger partial charge in [-0.2, -0.15) is 4.98 Å². The number of hydrogen-bond acceptors (Lipinski definition) is 7. The molecule has 0 spiro atoms. The van der Waals surface area contributed by atoms with Crippen LogP contribution in [0.15, 0.2) is 12.4 Å². The maximum atomic E-state index is 13.6. The van der Waals surface area contributed by atoms with E-state index < -0.39 is 6.17 Å². The van der Waals surface area contributed by atoms with Crippen molar-refractivity contribution in [3.8, 4) is 5.88 Å². The Kier molecular flexibility index (Phi) is 3.66. The second-order valence-corrected chi connectivity index (χ2v) is 6.08. The molecule has 1 aliphatic rings. The third-order valence-corrected chi connectivity index (χ3v) is 4.18. The molecular formula is C15H19FN8O. The number of fused-ring (bicyclic) bond motifs is 1. The van der Waals surface area contributed by atoms with Crippen LogP contribution >= 0.6 is 0 Å². The lowest BCUT2D eigenvalue weighted by Gasteiger charge is -2.16. The van der Waals surface area contributed by atoms with E-state index in [1.54, 1.807) is 35.7 Å². The van der Waals surface area contributed by atoms with Gasteiger partial charge >= 0.3 is 0 Å². The number of methoxy groups -OCH3 is 1. The monoisotopic (exact) mass is 346 g/mol. The van der Waals surface area contributed by atoms with Crippen LogP contribution < -0.4 is 15.0 Å². The number of nitrogens with one attached hydrogen (secondary N) is 1. The van der Waals surface area contributed by atoms with E-state index in [-0.39, 0.29) is 0 Å². The predicted octanol–water partition coefficient (Wildman–Crippen LogP) is 1.47. The SMILES string of the molecule is COc1nn(C)cc1Nc1nc(N2CCC(F)C2)nn2c(C)cnc12. The number of aromatic nitrogens is 6. The Hall–Kier alpha value is -2.91. The first kappa shape index (κ1) is 15.6. The molecule has 9 nitrogen and oxygen atoms in total. The van der Waals surface area contributed by atoms with E-state index in [4.69, 9.17) is 4.74 Å². The summed E-state index contributed by atoms with van der Waals surface area (Å²) < 4.78 is 22.2. The van der Waals surface area contributed by atoms with E-state index in [2.05, 4.69) is 25.5 Å². The van der Waals surface area contributed by atoms with Gasteiger partial charge in [-0.3, -0.25) is 4.68 Å². The topological polar surface area (TPSA) is 85.4 Å². The predicted molar refractivity (Wildman–Crippen MR) is 90.3 cm³/mol. The van der Waals surface area contributed by atoms with E-state index in [0.717, 1.165) is 5.69 Å². The molecule has 0 radical (unpaired) electrons. The summed E-state index contributed by atoms with van der Waals surface area (Å²) in [6, 6.07) is 0. The Balaban J connectivity index is 1.78. The summed E-state index contributed by atoms with van der Waals surface area (Å²) in [6.45, 7) is 2.80. The third kappa shape index (κ3) is 2.73. The summed E-state index contributed by atoms with van der Waals surface area (Å²) in [6.07, 6.45) is 3.16. The molecule has 1 fully saturated rings. The zero-order chi connectivity index (χ0) is 17.6. The Morgan fingerprint density at radius 3 is 2.92 bits per heavy atom. The summed E-state index contributed by atoms with van der Waals surface area (Å²) >= 11 is 0. The van der Waals surface area contributed by atoms with Gasteiger partial charge in [-0.1, -0.05) is 0 Å². The minimum Gasteiger partial charge on any atom is -0.478 e. The van der Waals surface area contributed by atoms with Crippen molar-refractivity contribution in [3.63, 3.8) is 0 Å². The highest BCUT2D eigenvalue weighted by atomic mass is 19.1. The molecule has 3 aromatic rings. The van der Waals surface area contributed by atoms with Gasteiger partial charge in [0.25, 0.3) is 5.88 Å². The Labute approximate surface area is 143 Å². The number of alkyl halides is 1. The van der Waals surface area contributed by atoms with Crippen LogP contribution in [0.5, 0.6) is 5.88 Å². The maximum absolute atomic E-state index is 13.6. The number of aryl methyl sites for hydroxylation is 2. The molecule has 0 saturated carbocycles. The lowest BCUT2D eigenvalue weighted by Crippen LogP contribution is -2.24. The van der Waals surface area contributed by atoms with Crippen LogP contribution in [0.4, 0.5) is 21.8 Å². The van der Waals surface area contributed by atoms with E-state index in [1.807, 2.05) is 11.8 Å². The minimum atomic E-state index is -0.849. The van der Waals surface area contributed by atoms with Crippen LogP contribution in [-0.2, 0) is 7.05 Å². The molecule has 1 aliphatic heterocycles. The van der Waals surface area contributed by atoms with Gasteiger partial charge in [0.05, 0.1) is 31.7 Å². The highest BCUT2D eigenvalue weighted by Gasteiger charge is 2.26. The Morgan fingerprint density at radius 1 is 1.36 bits per heavy atom. The summed E-state index contributed by atoms with van der Waals surface area (Å²) in [5.74, 6) is 1.44. The summed E-state index contributed by atoms with van der Waals surface area (Å²) in [5.41, 5.74) is 2.13. The molecule has 0 bridgehead atoms. The number of rotatable bonds is 4. The van der Waals surface area contributed by atoms with Gasteiger partial charge in [0.15, 0.2) is 11.5 Å². The van der Waals surface area contributed by atoms with Gasteiger partial charge in [0, 0.05) is 13.6 Å². The van der Waals surface area contributed by atoms with Crippen LogP contribution in [0, 0.1) is 6.92 Å². The van der Waals surface area contributed by atoms with Gasteiger partial charge < -0.3 is 15.0 Å². The lowest BCUT2D eigenvalue weighted by molar-refractivity contribution is 0.364. The summed E-state index contributed by atoms with van der Waals surface area (Å²) in [7, 11) is 3.36. The first-order chi connectivity index (χ1) is 12.0. The maximum Gasteiger partial charge on any atom is 0.256 e. The zero-order valence-electron chi connectivity index (χ0n) is 14.3. The lowest BCUT2D eigenvalue weighted by atomic mass is 10.3. The molecule has 4 rings (SSSR count). The van der Waals surface area contributed by atoms with E-state index in [0.29, 0.717) is 48.5 Å². The van der Waals surface area contributed by atoms with Gasteiger partial charge in [-0.15, -0.1) is 10.2 Å². The van der Waals surface area contributed by atoms with Crippen molar-refractivity contribution >= 4 is 23.1 Å². The molecule has 1 saturated heterocycles. The fourth-order valence-corrected chi connectivity index (χ4v) is 2.93. The normalized spacial score (nSPS) is 17.4. The number of halogens is 1. The second kappa shape index (κ2) is 5.87. The Morgan fingerprint density at radius 2 is 2.20 bits per heavy atom. The van der Waals surface area contributed by atoms with E-state index in [9.17, 15) is 4.39 Å². The highest BCUT2D eigenvalue weighted by molar-refractivity contribution is 5.72. The van der Waals surface area contributed by atoms with Crippen molar-refractivity contribution in [2.24, 2.45) is 7.05 Å². The minimum absolute atomic E-state index is 0.301. The van der Waals surface area contributed by atoms with Crippen molar-refractivity contribution in [1.29, 1.82) is 0 Å². The molecule has 4 heterocycles. The molecule has 25 heavy (non-hydrogen) atoms. The first-order valence-corrected chi connectivity index (χ1v) is 8.01. The van der Waals surface area contributed by atoms with Crippen LogP contribution in [-0.4, -0.2) is 55.7 Å². The molecule has 10 heteroatoms. The fourth-order valence-electron chi connectivity index (χ4n) is 2.93. The number of nitrogens with zero attached hydrogens (tertiary/aromatic N) is 7. The van der Waals surface area contributed by atoms with Gasteiger partial charge in [-0.25, -0.2) is 13.9 Å². The van der Waals surface area contributed by atoms with Crippen LogP contribution in [0.3, 0.4) is 0 Å². The van der Waals surface area contributed by atoms with Gasteiger partial charge in [-0.05, 0) is 13.3 Å². The van der Waals surface area contributed by atoms with E-state index in [1.165, 1.54) is 0 Å². The van der Waals surface area contributed by atoms with Crippen molar-refractivity contribution in [1.82, 2.24) is 29.4 Å². The molecule has 1 N–H and O–H groups in total. The number of hydrogen-bond donors (Lipinski definition) is 1. The largest absolute Gasteiger partial charge is 0.478 e. The van der Waals surface area contributed by atoms with Gasteiger partial charge in [0.2, 0.25) is 5.95 Å². The second-order valence-electron chi connectivity index (χ2n) is 6.08. The van der Waals surface area contributed by atoms with Crippen LogP contribution in [0.1, 0.15) is 12.1 Å². The van der Waals surface area contributed by atoms with Crippen LogP contribution in [0.25, 0.3) is 5.65 Å². The number of ether oxygens (including phenoxy) is 1. The first-order valence-electron chi connectivity index (χ1n) is 8.01. The fraction of sp³-hybridized carbons (Fsp3) is 0.467. The molecule has 1 unspecified atom stereocenters. The standard InChI is InChI=1S/C15H19FN8O/c1-9-6-17-13-12(18-11-8-22(2)20-14(11)25-3)19-15(21-24(9)13)23-5-4-10(16)7-23/h6,8,10H,4-5,7H2,1-3H3,(H,18,19,21). The average Bonchev–Trinajstić information content (AvgIpc) is 3.27. The van der Waals surface area contributed by atoms with E-state index >= 15 is 0 Å². The quantitative estimate of drug-likeness (QED) is 0.765. The molecular weight excluding hydrogens is 327 g/mol. The molecule has 1 atom stereocenters. The molecule has 0 aromatic carbocycles. The van der Waals surface area contributed by atoms with Gasteiger partial charge in [0.1, 0.15) is 11.9 Å². The number of anilines is 3. The highest BCUT2D eigenvalue weighted by Crippen LogP contribution is 2.28. The number of imidazole rings is 1. The molecule has 0 aliphatic carbocycles. The van der Waals surface area contributed by atoms with Crippen molar-refractivity contribution in [2.45, 2.75) is 19.5 Å². The molecule has 132 valence electrons. The van der Waals surface area contributed by atoms with Crippen molar-refractivity contribution in [2.75, 3.05) is 30.4 Å². The third-order valence-electron chi connectivity index (χ3n) is 4.18. The smallest absolute Gasteiger partial charge is 0.256 e. The summed E-state index contributed by atoms with van der Waals surface area (Å²) in [4.78, 5) is 10.8. The Bertz CT molecular complexity index is 920. The zero-order valence-corrected chi connectivity index (χ0v) is 14.3.